The van der Waals surface area contributed by atoms with E-state index in [1.165, 1.54) is 6.07 Å². The zero-order valence-electron chi connectivity index (χ0n) is 8.74. The summed E-state index contributed by atoms with van der Waals surface area (Å²) in [5.74, 6) is -0.953. The Morgan fingerprint density at radius 1 is 1.56 bits per heavy atom. The van der Waals surface area contributed by atoms with E-state index in [9.17, 15) is 4.79 Å². The maximum atomic E-state index is 10.8. The lowest BCUT2D eigenvalue weighted by atomic mass is 10.2. The van der Waals surface area contributed by atoms with Gasteiger partial charge in [0.05, 0.1) is 12.7 Å². The minimum Gasteiger partial charge on any atom is -0.477 e. The van der Waals surface area contributed by atoms with Gasteiger partial charge in [-0.25, -0.2) is 4.79 Å². The number of ether oxygens (including phenoxy) is 1. The first-order valence-electron chi connectivity index (χ1n) is 5.21. The molecule has 1 saturated heterocycles. The van der Waals surface area contributed by atoms with Crippen LogP contribution in [0.2, 0.25) is 0 Å². The van der Waals surface area contributed by atoms with Crippen LogP contribution in [0.1, 0.15) is 29.4 Å². The molecule has 16 heavy (non-hydrogen) atoms. The van der Waals surface area contributed by atoms with E-state index in [0.717, 1.165) is 12.8 Å². The average molecular weight is 224 g/mol. The number of aliphatic hydroxyl groups excluding tert-OH is 1. The second-order valence-electron chi connectivity index (χ2n) is 3.82. The van der Waals surface area contributed by atoms with Gasteiger partial charge in [-0.2, -0.15) is 4.57 Å². The predicted molar refractivity (Wildman–Crippen MR) is 53.8 cm³/mol. The van der Waals surface area contributed by atoms with E-state index in [2.05, 4.69) is 0 Å². The van der Waals surface area contributed by atoms with E-state index in [1.54, 1.807) is 23.0 Å². The molecular formula is C11H14NO4+. The summed E-state index contributed by atoms with van der Waals surface area (Å²) in [5.41, 5.74) is 0.235. The molecule has 0 radical (unpaired) electrons. The number of carbonyl (C=O) groups is 1. The van der Waals surface area contributed by atoms with Crippen LogP contribution in [0.15, 0.2) is 24.5 Å². The Balaban J connectivity index is 2.15. The number of carboxylic acids is 1. The molecule has 0 spiro atoms. The lowest BCUT2D eigenvalue weighted by Crippen LogP contribution is -2.39. The predicted octanol–water partition coefficient (Wildman–Crippen LogP) is 0.342. The molecule has 0 amide bonds. The zero-order chi connectivity index (χ0) is 11.5. The van der Waals surface area contributed by atoms with Crippen molar-refractivity contribution >= 4 is 5.97 Å². The van der Waals surface area contributed by atoms with Gasteiger partial charge < -0.3 is 14.9 Å². The highest BCUT2D eigenvalue weighted by Gasteiger charge is 2.31. The third-order valence-electron chi connectivity index (χ3n) is 2.69. The van der Waals surface area contributed by atoms with Gasteiger partial charge in [0, 0.05) is 12.5 Å². The van der Waals surface area contributed by atoms with Crippen molar-refractivity contribution in [2.45, 2.75) is 25.2 Å². The SMILES string of the molecule is O=C(O)c1ccc[n+](C2CCC(CO)O2)c1. The molecule has 1 aromatic rings. The average Bonchev–Trinajstić information content (AvgIpc) is 2.77. The molecule has 0 aliphatic carbocycles. The Bertz CT molecular complexity index is 393. The lowest BCUT2D eigenvalue weighted by Gasteiger charge is -2.07. The van der Waals surface area contributed by atoms with Gasteiger partial charge in [-0.05, 0) is 12.5 Å². The number of aromatic nitrogens is 1. The number of hydrogen-bond donors (Lipinski definition) is 2. The van der Waals surface area contributed by atoms with Crippen molar-refractivity contribution in [3.63, 3.8) is 0 Å². The molecule has 1 aromatic heterocycles. The topological polar surface area (TPSA) is 70.6 Å². The Labute approximate surface area is 92.9 Å². The summed E-state index contributed by atoms with van der Waals surface area (Å²) in [5, 5.41) is 17.8. The van der Waals surface area contributed by atoms with Gasteiger partial charge in [0.25, 0.3) is 6.23 Å². The molecule has 0 bridgehead atoms. The number of pyridine rings is 1. The van der Waals surface area contributed by atoms with E-state index in [1.807, 2.05) is 0 Å². The van der Waals surface area contributed by atoms with Crippen molar-refractivity contribution in [2.24, 2.45) is 0 Å². The quantitative estimate of drug-likeness (QED) is 0.726. The van der Waals surface area contributed by atoms with E-state index in [-0.39, 0.29) is 24.5 Å². The highest BCUT2D eigenvalue weighted by Crippen LogP contribution is 2.23. The molecular weight excluding hydrogens is 210 g/mol. The molecule has 1 aliphatic heterocycles. The number of aliphatic hydroxyl groups is 1. The van der Waals surface area contributed by atoms with Crippen molar-refractivity contribution in [1.82, 2.24) is 0 Å². The maximum absolute atomic E-state index is 10.8. The number of aromatic carboxylic acids is 1. The standard InChI is InChI=1S/C11H13NO4/c13-7-9-3-4-10(16-9)12-5-1-2-8(6-12)11(14)15/h1-2,5-6,9-10,13H,3-4,7H2/p+1. The first kappa shape index (κ1) is 11.0. The van der Waals surface area contributed by atoms with E-state index in [0.29, 0.717) is 0 Å². The smallest absolute Gasteiger partial charge is 0.341 e. The molecule has 2 unspecified atom stereocenters. The molecule has 0 aromatic carbocycles. The second kappa shape index (κ2) is 4.59. The van der Waals surface area contributed by atoms with Crippen LogP contribution in [0.5, 0.6) is 0 Å². The molecule has 2 rings (SSSR count). The van der Waals surface area contributed by atoms with Crippen LogP contribution < -0.4 is 4.57 Å². The van der Waals surface area contributed by atoms with E-state index in [4.69, 9.17) is 14.9 Å². The largest absolute Gasteiger partial charge is 0.477 e. The Morgan fingerprint density at radius 2 is 2.38 bits per heavy atom. The van der Waals surface area contributed by atoms with Gasteiger partial charge >= 0.3 is 5.97 Å². The zero-order valence-corrected chi connectivity index (χ0v) is 8.74. The van der Waals surface area contributed by atoms with E-state index >= 15 is 0 Å². The van der Waals surface area contributed by atoms with Crippen LogP contribution in [0.4, 0.5) is 0 Å². The van der Waals surface area contributed by atoms with Gasteiger partial charge in [-0.15, -0.1) is 0 Å². The van der Waals surface area contributed by atoms with Crippen molar-refractivity contribution in [3.8, 4) is 0 Å². The Hall–Kier alpha value is -1.46. The van der Waals surface area contributed by atoms with Gasteiger partial charge in [0.1, 0.15) is 5.56 Å². The Kier molecular flexibility index (Phi) is 3.17. The van der Waals surface area contributed by atoms with Crippen LogP contribution in [-0.2, 0) is 4.74 Å². The van der Waals surface area contributed by atoms with Crippen LogP contribution in [-0.4, -0.2) is 28.9 Å². The van der Waals surface area contributed by atoms with Gasteiger partial charge in [-0.1, -0.05) is 0 Å². The van der Waals surface area contributed by atoms with Crippen LogP contribution >= 0.6 is 0 Å². The number of nitrogens with zero attached hydrogens (tertiary/aromatic N) is 1. The van der Waals surface area contributed by atoms with Crippen LogP contribution in [0.25, 0.3) is 0 Å². The van der Waals surface area contributed by atoms with Gasteiger partial charge in [-0.3, -0.25) is 0 Å². The highest BCUT2D eigenvalue weighted by molar-refractivity contribution is 5.86. The molecule has 86 valence electrons. The molecule has 2 heterocycles. The minimum absolute atomic E-state index is 0.00960. The third-order valence-corrected chi connectivity index (χ3v) is 2.69. The number of carboxylic acid groups (broad SMARTS) is 1. The van der Waals surface area contributed by atoms with Crippen molar-refractivity contribution in [2.75, 3.05) is 6.61 Å². The number of hydrogen-bond acceptors (Lipinski definition) is 3. The van der Waals surface area contributed by atoms with Gasteiger partial charge in [0.2, 0.25) is 0 Å². The Morgan fingerprint density at radius 3 is 3.00 bits per heavy atom. The summed E-state index contributed by atoms with van der Waals surface area (Å²) in [4.78, 5) is 10.8. The molecule has 5 heteroatoms. The molecule has 1 fully saturated rings. The lowest BCUT2D eigenvalue weighted by molar-refractivity contribution is -0.759. The van der Waals surface area contributed by atoms with Crippen molar-refractivity contribution < 1.29 is 24.3 Å². The normalized spacial score (nSPS) is 24.6. The fraction of sp³-hybridized carbons (Fsp3) is 0.455. The summed E-state index contributed by atoms with van der Waals surface area (Å²) in [6.45, 7) is 0.00960. The fourth-order valence-corrected chi connectivity index (χ4v) is 1.84. The van der Waals surface area contributed by atoms with E-state index < -0.39 is 5.97 Å². The molecule has 2 N–H and O–H groups in total. The fourth-order valence-electron chi connectivity index (χ4n) is 1.84. The van der Waals surface area contributed by atoms with Crippen molar-refractivity contribution in [3.05, 3.63) is 30.1 Å². The maximum Gasteiger partial charge on any atom is 0.341 e. The van der Waals surface area contributed by atoms with Gasteiger partial charge in [0.15, 0.2) is 12.4 Å². The summed E-state index contributed by atoms with van der Waals surface area (Å²) < 4.78 is 7.29. The first-order chi connectivity index (χ1) is 7.70. The summed E-state index contributed by atoms with van der Waals surface area (Å²) in [7, 11) is 0. The molecule has 1 aliphatic rings. The van der Waals surface area contributed by atoms with Crippen LogP contribution in [0, 0.1) is 0 Å². The first-order valence-corrected chi connectivity index (χ1v) is 5.21. The van der Waals surface area contributed by atoms with Crippen LogP contribution in [0.3, 0.4) is 0 Å². The molecule has 5 nitrogen and oxygen atoms in total. The summed E-state index contributed by atoms with van der Waals surface area (Å²) in [6, 6.07) is 3.22. The summed E-state index contributed by atoms with van der Waals surface area (Å²) in [6.07, 6.45) is 4.61. The monoisotopic (exact) mass is 224 g/mol. The minimum atomic E-state index is -0.953. The molecule has 2 atom stereocenters. The number of rotatable bonds is 3. The molecule has 0 saturated carbocycles. The highest BCUT2D eigenvalue weighted by atomic mass is 16.5. The van der Waals surface area contributed by atoms with Crippen molar-refractivity contribution in [1.29, 1.82) is 0 Å². The summed E-state index contributed by atoms with van der Waals surface area (Å²) >= 11 is 0. The second-order valence-corrected chi connectivity index (χ2v) is 3.82. The third kappa shape index (κ3) is 2.20.